The van der Waals surface area contributed by atoms with Crippen LogP contribution < -0.4 is 0 Å². The van der Waals surface area contributed by atoms with Crippen molar-refractivity contribution in [2.75, 3.05) is 0 Å². The average molecular weight is 743 g/mol. The maximum Gasteiger partial charge on any atom is 0.0998 e. The van der Waals surface area contributed by atoms with E-state index in [-0.39, 0.29) is 0 Å². The van der Waals surface area contributed by atoms with E-state index in [2.05, 4.69) is 176 Å². The lowest BCUT2D eigenvalue weighted by Gasteiger charge is -2.20. The van der Waals surface area contributed by atoms with Gasteiger partial charge in [0.05, 0.1) is 56.7 Å². The summed E-state index contributed by atoms with van der Waals surface area (Å²) >= 11 is 0. The molecule has 0 aliphatic rings. The van der Waals surface area contributed by atoms with Gasteiger partial charge in [0, 0.05) is 27.1 Å². The number of nitriles is 2. The first-order valence-corrected chi connectivity index (χ1v) is 19.6. The maximum absolute atomic E-state index is 10.9. The molecule has 4 heteroatoms. The van der Waals surface area contributed by atoms with Crippen LogP contribution >= 0.6 is 0 Å². The Morgan fingerprint density at radius 3 is 1.40 bits per heavy atom. The molecule has 4 nitrogen and oxygen atoms in total. The minimum atomic E-state index is 0.532. The molecule has 274 valence electrons. The van der Waals surface area contributed by atoms with Crippen molar-refractivity contribution in [2.24, 2.45) is 0 Å². The van der Waals surface area contributed by atoms with Crippen LogP contribution in [0.4, 0.5) is 0 Å². The fraction of sp³-hybridized carbons (Fsp3) is 0.0741. The van der Waals surface area contributed by atoms with Gasteiger partial charge in [-0.3, -0.25) is 0 Å². The van der Waals surface area contributed by atoms with Crippen LogP contribution in [-0.2, 0) is 0 Å². The third kappa shape index (κ3) is 5.50. The summed E-state index contributed by atoms with van der Waals surface area (Å²) in [7, 11) is 0. The summed E-state index contributed by atoms with van der Waals surface area (Å²) in [4.78, 5) is 0. The molecule has 0 saturated heterocycles. The summed E-state index contributed by atoms with van der Waals surface area (Å²) in [6.07, 6.45) is 0. The highest BCUT2D eigenvalue weighted by Crippen LogP contribution is 2.43. The zero-order valence-electron chi connectivity index (χ0n) is 32.8. The van der Waals surface area contributed by atoms with Crippen LogP contribution in [0.15, 0.2) is 158 Å². The molecule has 0 aliphatic heterocycles. The lowest BCUT2D eigenvalue weighted by Crippen LogP contribution is -2.05. The number of hydrogen-bond acceptors (Lipinski definition) is 2. The Balaban J connectivity index is 1.31. The van der Waals surface area contributed by atoms with E-state index in [0.717, 1.165) is 66.1 Å². The number of benzene rings is 8. The third-order valence-electron chi connectivity index (χ3n) is 11.8. The van der Waals surface area contributed by atoms with Gasteiger partial charge in [-0.05, 0) is 127 Å². The zero-order chi connectivity index (χ0) is 39.7. The Morgan fingerprint density at radius 1 is 0.379 bits per heavy atom. The predicted molar refractivity (Wildman–Crippen MR) is 240 cm³/mol. The number of hydrogen-bond donors (Lipinski definition) is 0. The van der Waals surface area contributed by atoms with E-state index < -0.39 is 0 Å². The highest BCUT2D eigenvalue weighted by atomic mass is 15.1. The zero-order valence-corrected chi connectivity index (χ0v) is 32.8. The van der Waals surface area contributed by atoms with Crippen molar-refractivity contribution < 1.29 is 0 Å². The van der Waals surface area contributed by atoms with Gasteiger partial charge in [0.25, 0.3) is 0 Å². The fourth-order valence-electron chi connectivity index (χ4n) is 9.10. The van der Waals surface area contributed by atoms with Crippen molar-refractivity contribution in [2.45, 2.75) is 27.7 Å². The lowest BCUT2D eigenvalue weighted by atomic mass is 9.96. The molecule has 10 aromatic rings. The van der Waals surface area contributed by atoms with Crippen LogP contribution in [0.5, 0.6) is 0 Å². The Bertz CT molecular complexity index is 3410. The van der Waals surface area contributed by atoms with Crippen molar-refractivity contribution >= 4 is 43.6 Å². The van der Waals surface area contributed by atoms with Crippen molar-refractivity contribution in [3.05, 3.63) is 191 Å². The van der Waals surface area contributed by atoms with E-state index in [4.69, 9.17) is 0 Å². The van der Waals surface area contributed by atoms with Gasteiger partial charge in [0.15, 0.2) is 0 Å². The second-order valence-electron chi connectivity index (χ2n) is 15.5. The minimum Gasteiger partial charge on any atom is -0.307 e. The van der Waals surface area contributed by atoms with E-state index in [1.165, 1.54) is 44.5 Å². The number of para-hydroxylation sites is 2. The van der Waals surface area contributed by atoms with Crippen molar-refractivity contribution in [1.82, 2.24) is 9.13 Å². The van der Waals surface area contributed by atoms with E-state index in [1.54, 1.807) is 6.07 Å². The predicted octanol–water partition coefficient (Wildman–Crippen LogP) is 13.9. The van der Waals surface area contributed by atoms with Crippen LogP contribution in [0.3, 0.4) is 0 Å². The van der Waals surface area contributed by atoms with E-state index in [9.17, 15) is 10.5 Å². The van der Waals surface area contributed by atoms with Gasteiger partial charge in [0.2, 0.25) is 0 Å². The topological polar surface area (TPSA) is 57.4 Å². The molecule has 0 fully saturated rings. The molecule has 0 radical (unpaired) electrons. The highest BCUT2D eigenvalue weighted by Gasteiger charge is 2.23. The molecule has 0 aliphatic carbocycles. The largest absolute Gasteiger partial charge is 0.307 e. The van der Waals surface area contributed by atoms with Gasteiger partial charge in [-0.15, -0.1) is 0 Å². The number of aromatic nitrogens is 2. The number of nitrogens with zero attached hydrogens (tertiary/aromatic N) is 4. The van der Waals surface area contributed by atoms with Crippen molar-refractivity contribution in [3.63, 3.8) is 0 Å². The minimum absolute atomic E-state index is 0.532. The molecule has 10 rings (SSSR count). The molecular formula is C54H38N4. The lowest BCUT2D eigenvalue weighted by molar-refractivity contribution is 1.09. The van der Waals surface area contributed by atoms with Gasteiger partial charge >= 0.3 is 0 Å². The van der Waals surface area contributed by atoms with E-state index in [0.29, 0.717) is 11.1 Å². The smallest absolute Gasteiger partial charge is 0.0998 e. The van der Waals surface area contributed by atoms with Gasteiger partial charge in [-0.2, -0.15) is 10.5 Å². The molecule has 0 bridgehead atoms. The first kappa shape index (κ1) is 34.8. The molecular weight excluding hydrogens is 705 g/mol. The second kappa shape index (κ2) is 13.5. The summed E-state index contributed by atoms with van der Waals surface area (Å²) in [5, 5.41) is 25.3. The van der Waals surface area contributed by atoms with Gasteiger partial charge in [-0.25, -0.2) is 0 Å². The maximum atomic E-state index is 10.9. The van der Waals surface area contributed by atoms with Gasteiger partial charge in [0.1, 0.15) is 0 Å². The molecule has 0 spiro atoms. The van der Waals surface area contributed by atoms with Gasteiger partial charge < -0.3 is 9.13 Å². The van der Waals surface area contributed by atoms with Crippen LogP contribution in [0, 0.1) is 50.4 Å². The Morgan fingerprint density at radius 2 is 0.879 bits per heavy atom. The molecule has 0 unspecified atom stereocenters. The van der Waals surface area contributed by atoms with Crippen LogP contribution in [0.25, 0.3) is 88.4 Å². The number of fused-ring (bicyclic) bond motifs is 6. The third-order valence-corrected chi connectivity index (χ3v) is 11.8. The first-order chi connectivity index (χ1) is 28.3. The van der Waals surface area contributed by atoms with Crippen molar-refractivity contribution in [1.29, 1.82) is 10.5 Å². The summed E-state index contributed by atoms with van der Waals surface area (Å²) < 4.78 is 4.68. The Kier molecular flexibility index (Phi) is 8.11. The van der Waals surface area contributed by atoms with Gasteiger partial charge in [-0.1, -0.05) is 108 Å². The standard InChI is InChI=1S/C54H38N4/c1-33-16-20-42(35(3)24-33)39-18-22-51-47(27-39)44-12-5-7-14-49(44)57(51)53-29-41(32-56)46(38-11-9-10-37(26-38)31-55)30-54(53)58-50-15-8-6-13-45(50)48-28-40(19-23-52(48)58)43-21-17-34(2)25-36(43)4/h5-30H,1-4H3. The van der Waals surface area contributed by atoms with Crippen LogP contribution in [0.2, 0.25) is 0 Å². The summed E-state index contributed by atoms with van der Waals surface area (Å²) in [6.45, 7) is 8.62. The Labute approximate surface area is 337 Å². The van der Waals surface area contributed by atoms with E-state index >= 15 is 0 Å². The number of rotatable bonds is 5. The molecule has 8 aromatic carbocycles. The first-order valence-electron chi connectivity index (χ1n) is 19.6. The average Bonchev–Trinajstić information content (AvgIpc) is 3.75. The molecule has 0 amide bonds. The molecule has 2 aromatic heterocycles. The summed E-state index contributed by atoms with van der Waals surface area (Å²) in [5.41, 5.74) is 18.5. The van der Waals surface area contributed by atoms with E-state index in [1.807, 2.05) is 24.3 Å². The molecule has 0 saturated carbocycles. The van der Waals surface area contributed by atoms with Crippen LogP contribution in [0.1, 0.15) is 33.4 Å². The second-order valence-corrected chi connectivity index (χ2v) is 15.5. The molecule has 58 heavy (non-hydrogen) atoms. The fourth-order valence-corrected chi connectivity index (χ4v) is 9.10. The van der Waals surface area contributed by atoms with Crippen molar-refractivity contribution in [3.8, 4) is 56.9 Å². The molecule has 0 N–H and O–H groups in total. The Hall–Kier alpha value is -7.66. The highest BCUT2D eigenvalue weighted by molar-refractivity contribution is 6.13. The quantitative estimate of drug-likeness (QED) is 0.176. The summed E-state index contributed by atoms with van der Waals surface area (Å²) in [6, 6.07) is 60.6. The monoisotopic (exact) mass is 742 g/mol. The molecule has 0 atom stereocenters. The van der Waals surface area contributed by atoms with Crippen LogP contribution in [-0.4, -0.2) is 9.13 Å². The number of aryl methyl sites for hydroxylation is 4. The molecule has 2 heterocycles. The summed E-state index contributed by atoms with van der Waals surface area (Å²) in [5.74, 6) is 0. The SMILES string of the molecule is Cc1ccc(-c2ccc3c(c2)c2ccccc2n3-c2cc(C#N)c(-c3cccc(C#N)c3)cc2-n2c3ccccc3c3cc(-c4ccc(C)cc4C)ccc32)c(C)c1. The normalized spacial score (nSPS) is 11.4.